The summed E-state index contributed by atoms with van der Waals surface area (Å²) in [5.41, 5.74) is 1.15. The van der Waals surface area contributed by atoms with Crippen molar-refractivity contribution in [2.24, 2.45) is 0 Å². The van der Waals surface area contributed by atoms with Crippen molar-refractivity contribution < 1.29 is 47.6 Å². The minimum atomic E-state index is -0.427. The van der Waals surface area contributed by atoms with E-state index in [1.807, 2.05) is 6.92 Å². The van der Waals surface area contributed by atoms with E-state index in [0.717, 1.165) is 12.8 Å². The van der Waals surface area contributed by atoms with Crippen LogP contribution >= 0.6 is 0 Å². The topological polar surface area (TPSA) is 124 Å². The zero-order chi connectivity index (χ0) is 28.4. The van der Waals surface area contributed by atoms with Crippen LogP contribution in [0, 0.1) is 0 Å². The SMILES string of the molecule is C=C(C)C(=O)OC.C=C(C)C(=O)OCCOCCOCCOC(=O)C(=C)C.C=CC(=O)OCCCC. The minimum Gasteiger partial charge on any atom is -0.466 e. The zero-order valence-electron chi connectivity index (χ0n) is 22.4. The Hall–Kier alpha value is -3.24. The summed E-state index contributed by atoms with van der Waals surface area (Å²) in [6.45, 7) is 22.6. The summed E-state index contributed by atoms with van der Waals surface area (Å²) < 4.78 is 29.0. The van der Waals surface area contributed by atoms with Gasteiger partial charge < -0.3 is 28.4 Å². The Kier molecular flexibility index (Phi) is 27.3. The molecule has 206 valence electrons. The van der Waals surface area contributed by atoms with E-state index in [2.05, 4.69) is 35.8 Å². The summed E-state index contributed by atoms with van der Waals surface area (Å²) in [7, 11) is 1.33. The Morgan fingerprint density at radius 1 is 0.639 bits per heavy atom. The molecule has 0 rings (SSSR count). The molecule has 0 unspecified atom stereocenters. The lowest BCUT2D eigenvalue weighted by atomic mass is 10.4. The summed E-state index contributed by atoms with van der Waals surface area (Å²) >= 11 is 0. The van der Waals surface area contributed by atoms with Crippen LogP contribution in [-0.4, -0.2) is 77.2 Å². The van der Waals surface area contributed by atoms with Crippen LogP contribution in [0.15, 0.2) is 49.1 Å². The summed E-state index contributed by atoms with van der Waals surface area (Å²) in [6, 6.07) is 0. The highest BCUT2D eigenvalue weighted by Gasteiger charge is 2.03. The first-order chi connectivity index (χ1) is 16.9. The van der Waals surface area contributed by atoms with Crippen molar-refractivity contribution in [2.75, 3.05) is 53.4 Å². The van der Waals surface area contributed by atoms with Gasteiger partial charge in [-0.3, -0.25) is 0 Å². The molecule has 36 heavy (non-hydrogen) atoms. The molecular formula is C26H42O10. The van der Waals surface area contributed by atoms with Gasteiger partial charge >= 0.3 is 23.9 Å². The van der Waals surface area contributed by atoms with Crippen LogP contribution in [-0.2, 0) is 47.6 Å². The lowest BCUT2D eigenvalue weighted by Gasteiger charge is -2.07. The van der Waals surface area contributed by atoms with Crippen LogP contribution in [0.1, 0.15) is 40.5 Å². The number of ether oxygens (including phenoxy) is 6. The fourth-order valence-electron chi connectivity index (χ4n) is 1.51. The molecule has 0 aromatic carbocycles. The molecule has 0 saturated carbocycles. The smallest absolute Gasteiger partial charge is 0.333 e. The van der Waals surface area contributed by atoms with Gasteiger partial charge in [-0.05, 0) is 27.2 Å². The molecule has 0 fully saturated rings. The molecule has 0 atom stereocenters. The molecule has 0 aliphatic heterocycles. The summed E-state index contributed by atoms with van der Waals surface area (Å²) in [6.07, 6.45) is 3.15. The van der Waals surface area contributed by atoms with E-state index in [1.54, 1.807) is 20.8 Å². The van der Waals surface area contributed by atoms with E-state index in [4.69, 9.17) is 18.9 Å². The molecule has 0 aromatic rings. The Morgan fingerprint density at radius 2 is 1.03 bits per heavy atom. The van der Waals surface area contributed by atoms with Gasteiger partial charge in [0.2, 0.25) is 0 Å². The van der Waals surface area contributed by atoms with Crippen molar-refractivity contribution in [3.05, 3.63) is 49.1 Å². The molecule has 0 aliphatic rings. The van der Waals surface area contributed by atoms with Crippen LogP contribution in [0.3, 0.4) is 0 Å². The maximum absolute atomic E-state index is 11.0. The highest BCUT2D eigenvalue weighted by molar-refractivity contribution is 5.87. The van der Waals surface area contributed by atoms with Crippen molar-refractivity contribution in [1.29, 1.82) is 0 Å². The van der Waals surface area contributed by atoms with Gasteiger partial charge in [0.1, 0.15) is 13.2 Å². The van der Waals surface area contributed by atoms with Crippen molar-refractivity contribution in [3.8, 4) is 0 Å². The average molecular weight is 515 g/mol. The monoisotopic (exact) mass is 514 g/mol. The maximum atomic E-state index is 11.0. The lowest BCUT2D eigenvalue weighted by Crippen LogP contribution is -2.15. The van der Waals surface area contributed by atoms with Crippen molar-refractivity contribution in [2.45, 2.75) is 40.5 Å². The Morgan fingerprint density at radius 3 is 1.31 bits per heavy atom. The first-order valence-corrected chi connectivity index (χ1v) is 11.3. The maximum Gasteiger partial charge on any atom is 0.333 e. The van der Waals surface area contributed by atoms with Gasteiger partial charge in [0.15, 0.2) is 0 Å². The molecule has 0 aromatic heterocycles. The van der Waals surface area contributed by atoms with Gasteiger partial charge in [0.25, 0.3) is 0 Å². The van der Waals surface area contributed by atoms with Gasteiger partial charge in [-0.25, -0.2) is 19.2 Å². The number of carbonyl (C=O) groups excluding carboxylic acids is 4. The fourth-order valence-corrected chi connectivity index (χ4v) is 1.51. The number of unbranched alkanes of at least 4 members (excludes halogenated alkanes) is 1. The van der Waals surface area contributed by atoms with Crippen molar-refractivity contribution in [3.63, 3.8) is 0 Å². The van der Waals surface area contributed by atoms with Gasteiger partial charge in [0.05, 0.1) is 40.1 Å². The third-order valence-electron chi connectivity index (χ3n) is 3.43. The molecule has 0 radical (unpaired) electrons. The predicted octanol–water partition coefficient (Wildman–Crippen LogP) is 3.51. The highest BCUT2D eigenvalue weighted by Crippen LogP contribution is 1.93. The Labute approximate surface area is 214 Å². The molecule has 0 saturated heterocycles. The third kappa shape index (κ3) is 28.8. The predicted molar refractivity (Wildman–Crippen MR) is 136 cm³/mol. The first kappa shape index (κ1) is 37.3. The molecule has 0 spiro atoms. The average Bonchev–Trinajstić information content (AvgIpc) is 2.84. The second-order valence-corrected chi connectivity index (χ2v) is 7.05. The molecule has 0 N–H and O–H groups in total. The number of esters is 4. The molecule has 10 nitrogen and oxygen atoms in total. The number of hydrogen-bond donors (Lipinski definition) is 0. The summed E-state index contributed by atoms with van der Waals surface area (Å²) in [4.78, 5) is 42.5. The molecule has 0 amide bonds. The molecular weight excluding hydrogens is 472 g/mol. The summed E-state index contributed by atoms with van der Waals surface area (Å²) in [5.74, 6) is -1.53. The number of carbonyl (C=O) groups is 4. The first-order valence-electron chi connectivity index (χ1n) is 11.3. The number of rotatable bonds is 16. The largest absolute Gasteiger partial charge is 0.466 e. The second-order valence-electron chi connectivity index (χ2n) is 7.05. The number of hydrogen-bond acceptors (Lipinski definition) is 10. The van der Waals surface area contributed by atoms with Gasteiger partial charge in [-0.1, -0.05) is 39.7 Å². The van der Waals surface area contributed by atoms with E-state index in [9.17, 15) is 19.2 Å². The van der Waals surface area contributed by atoms with Gasteiger partial charge in [-0.2, -0.15) is 0 Å². The molecule has 0 heterocycles. The van der Waals surface area contributed by atoms with E-state index >= 15 is 0 Å². The Bertz CT molecular complexity index is 676. The Balaban J connectivity index is -0.000000558. The van der Waals surface area contributed by atoms with Crippen LogP contribution < -0.4 is 0 Å². The standard InChI is InChI=1S/C14H22O6.C7H12O2.C5H8O2/c1-11(2)13(15)19-9-7-17-5-6-18-8-10-20-14(16)12(3)4;1-3-5-6-9-7(8)4-2;1-4(2)5(6)7-3/h1,3,5-10H2,2,4H3;4H,2-3,5-6H2,1H3;1H2,2-3H3. The van der Waals surface area contributed by atoms with Crippen LogP contribution in [0.5, 0.6) is 0 Å². The van der Waals surface area contributed by atoms with Crippen LogP contribution in [0.2, 0.25) is 0 Å². The summed E-state index contributed by atoms with van der Waals surface area (Å²) in [5, 5.41) is 0. The van der Waals surface area contributed by atoms with Crippen LogP contribution in [0.25, 0.3) is 0 Å². The van der Waals surface area contributed by atoms with E-state index in [1.165, 1.54) is 13.2 Å². The van der Waals surface area contributed by atoms with E-state index in [-0.39, 0.29) is 25.2 Å². The van der Waals surface area contributed by atoms with Crippen molar-refractivity contribution >= 4 is 23.9 Å². The fraction of sp³-hybridized carbons (Fsp3) is 0.538. The lowest BCUT2D eigenvalue weighted by molar-refractivity contribution is -0.142. The third-order valence-corrected chi connectivity index (χ3v) is 3.43. The molecule has 0 bridgehead atoms. The van der Waals surface area contributed by atoms with E-state index < -0.39 is 11.9 Å². The highest BCUT2D eigenvalue weighted by atomic mass is 16.6. The normalized spacial score (nSPS) is 9.14. The molecule has 0 aliphatic carbocycles. The minimum absolute atomic E-state index is 0.182. The van der Waals surface area contributed by atoms with Crippen LogP contribution in [0.4, 0.5) is 0 Å². The van der Waals surface area contributed by atoms with Gasteiger partial charge in [0, 0.05) is 22.8 Å². The quantitative estimate of drug-likeness (QED) is 0.131. The van der Waals surface area contributed by atoms with E-state index in [0.29, 0.717) is 49.8 Å². The van der Waals surface area contributed by atoms with Crippen molar-refractivity contribution in [1.82, 2.24) is 0 Å². The number of methoxy groups -OCH3 is 1. The molecule has 10 heteroatoms. The zero-order valence-corrected chi connectivity index (χ0v) is 22.4. The van der Waals surface area contributed by atoms with Gasteiger partial charge in [-0.15, -0.1) is 0 Å². The second kappa shape index (κ2) is 26.4.